The minimum absolute atomic E-state index is 0.141. The zero-order valence-electron chi connectivity index (χ0n) is 10.6. The Morgan fingerprint density at radius 1 is 1.44 bits per heavy atom. The SMILES string of the molecule is CCC1CCCC(C(=O)c2ccc(F)cc2I)C1. The molecule has 1 aliphatic rings. The van der Waals surface area contributed by atoms with E-state index in [4.69, 9.17) is 0 Å². The summed E-state index contributed by atoms with van der Waals surface area (Å²) in [6.07, 6.45) is 5.54. The number of benzene rings is 1. The summed E-state index contributed by atoms with van der Waals surface area (Å²) in [5, 5.41) is 0. The van der Waals surface area contributed by atoms with Crippen LogP contribution in [-0.2, 0) is 0 Å². The van der Waals surface area contributed by atoms with Crippen molar-refractivity contribution in [2.24, 2.45) is 11.8 Å². The van der Waals surface area contributed by atoms with E-state index in [0.29, 0.717) is 11.5 Å². The number of carbonyl (C=O) groups is 1. The van der Waals surface area contributed by atoms with Crippen molar-refractivity contribution in [3.63, 3.8) is 0 Å². The fourth-order valence-electron chi connectivity index (χ4n) is 2.81. The van der Waals surface area contributed by atoms with Gasteiger partial charge in [0.25, 0.3) is 0 Å². The van der Waals surface area contributed by atoms with Gasteiger partial charge in [0.1, 0.15) is 5.82 Å². The van der Waals surface area contributed by atoms with E-state index in [1.165, 1.54) is 18.6 Å². The van der Waals surface area contributed by atoms with Crippen molar-refractivity contribution in [1.82, 2.24) is 0 Å². The normalized spacial score (nSPS) is 23.9. The van der Waals surface area contributed by atoms with Crippen LogP contribution < -0.4 is 0 Å². The third kappa shape index (κ3) is 3.11. The molecule has 98 valence electrons. The van der Waals surface area contributed by atoms with Gasteiger partial charge in [-0.05, 0) is 59.5 Å². The molecule has 0 heterocycles. The van der Waals surface area contributed by atoms with E-state index < -0.39 is 0 Å². The molecule has 0 saturated heterocycles. The van der Waals surface area contributed by atoms with Gasteiger partial charge in [-0.3, -0.25) is 4.79 Å². The first-order chi connectivity index (χ1) is 8.61. The van der Waals surface area contributed by atoms with Crippen molar-refractivity contribution in [3.05, 3.63) is 33.1 Å². The molecule has 18 heavy (non-hydrogen) atoms. The van der Waals surface area contributed by atoms with Crippen molar-refractivity contribution in [2.75, 3.05) is 0 Å². The van der Waals surface area contributed by atoms with Gasteiger partial charge in [0.15, 0.2) is 5.78 Å². The Hall–Kier alpha value is -0.450. The Balaban J connectivity index is 2.15. The second-order valence-electron chi connectivity index (χ2n) is 5.13. The summed E-state index contributed by atoms with van der Waals surface area (Å²) in [5.41, 5.74) is 0.693. The Morgan fingerprint density at radius 2 is 2.22 bits per heavy atom. The average molecular weight is 360 g/mol. The maximum absolute atomic E-state index is 13.1. The van der Waals surface area contributed by atoms with Crippen molar-refractivity contribution in [1.29, 1.82) is 0 Å². The van der Waals surface area contributed by atoms with Crippen LogP contribution in [-0.4, -0.2) is 5.78 Å². The van der Waals surface area contributed by atoms with Gasteiger partial charge in [-0.1, -0.05) is 26.2 Å². The highest BCUT2D eigenvalue weighted by Crippen LogP contribution is 2.33. The predicted molar refractivity (Wildman–Crippen MR) is 79.2 cm³/mol. The first kappa shape index (κ1) is 14.0. The second kappa shape index (κ2) is 6.13. The van der Waals surface area contributed by atoms with Crippen LogP contribution in [0.3, 0.4) is 0 Å². The minimum Gasteiger partial charge on any atom is -0.294 e. The summed E-state index contributed by atoms with van der Waals surface area (Å²) in [6.45, 7) is 2.19. The molecular weight excluding hydrogens is 342 g/mol. The van der Waals surface area contributed by atoms with E-state index in [2.05, 4.69) is 29.5 Å². The highest BCUT2D eigenvalue weighted by molar-refractivity contribution is 14.1. The topological polar surface area (TPSA) is 17.1 Å². The van der Waals surface area contributed by atoms with Gasteiger partial charge in [-0.15, -0.1) is 0 Å². The molecule has 1 nitrogen and oxygen atoms in total. The van der Waals surface area contributed by atoms with Crippen LogP contribution in [0, 0.1) is 21.2 Å². The monoisotopic (exact) mass is 360 g/mol. The summed E-state index contributed by atoms with van der Waals surface area (Å²) in [6, 6.07) is 4.46. The third-order valence-corrected chi connectivity index (χ3v) is 4.82. The first-order valence-corrected chi connectivity index (χ1v) is 7.69. The number of halogens is 2. The third-order valence-electron chi connectivity index (χ3n) is 3.93. The summed E-state index contributed by atoms with van der Waals surface area (Å²) < 4.78 is 13.8. The molecule has 2 atom stereocenters. The van der Waals surface area contributed by atoms with E-state index in [1.807, 2.05) is 0 Å². The number of hydrogen-bond donors (Lipinski definition) is 0. The van der Waals surface area contributed by atoms with Crippen LogP contribution in [0.15, 0.2) is 18.2 Å². The quantitative estimate of drug-likeness (QED) is 0.558. The lowest BCUT2D eigenvalue weighted by Gasteiger charge is -2.27. The maximum Gasteiger partial charge on any atom is 0.167 e. The standard InChI is InChI=1S/C15H18FIO/c1-2-10-4-3-5-11(8-10)15(18)13-7-6-12(16)9-14(13)17/h6-7,9-11H,2-5,8H2,1H3. The lowest BCUT2D eigenvalue weighted by Crippen LogP contribution is -2.23. The fraction of sp³-hybridized carbons (Fsp3) is 0.533. The number of ketones is 1. The molecule has 3 heteroatoms. The van der Waals surface area contributed by atoms with Crippen LogP contribution in [0.25, 0.3) is 0 Å². The van der Waals surface area contributed by atoms with Gasteiger partial charge in [0.05, 0.1) is 0 Å². The number of carbonyl (C=O) groups excluding carboxylic acids is 1. The van der Waals surface area contributed by atoms with E-state index in [1.54, 1.807) is 6.07 Å². The van der Waals surface area contributed by atoms with Crippen LogP contribution in [0.1, 0.15) is 49.4 Å². The zero-order chi connectivity index (χ0) is 13.1. The van der Waals surface area contributed by atoms with Gasteiger partial charge in [0.2, 0.25) is 0 Å². The van der Waals surface area contributed by atoms with Gasteiger partial charge >= 0.3 is 0 Å². The van der Waals surface area contributed by atoms with Crippen LogP contribution in [0.5, 0.6) is 0 Å². The van der Waals surface area contributed by atoms with Gasteiger partial charge in [-0.2, -0.15) is 0 Å². The highest BCUT2D eigenvalue weighted by atomic mass is 127. The second-order valence-corrected chi connectivity index (χ2v) is 6.29. The molecule has 1 aliphatic carbocycles. The van der Waals surface area contributed by atoms with Gasteiger partial charge in [-0.25, -0.2) is 4.39 Å². The smallest absolute Gasteiger partial charge is 0.167 e. The van der Waals surface area contributed by atoms with Crippen LogP contribution in [0.2, 0.25) is 0 Å². The van der Waals surface area contributed by atoms with Crippen LogP contribution >= 0.6 is 22.6 Å². The van der Waals surface area contributed by atoms with E-state index in [-0.39, 0.29) is 17.5 Å². The predicted octanol–water partition coefficient (Wildman–Crippen LogP) is 4.83. The molecular formula is C15H18FIO. The number of hydrogen-bond acceptors (Lipinski definition) is 1. The van der Waals surface area contributed by atoms with Crippen molar-refractivity contribution < 1.29 is 9.18 Å². The molecule has 1 fully saturated rings. The lowest BCUT2D eigenvalue weighted by atomic mass is 9.77. The largest absolute Gasteiger partial charge is 0.294 e. The summed E-state index contributed by atoms with van der Waals surface area (Å²) in [7, 11) is 0. The molecule has 0 aliphatic heterocycles. The first-order valence-electron chi connectivity index (χ1n) is 6.61. The molecule has 0 bridgehead atoms. The van der Waals surface area contributed by atoms with Gasteiger partial charge in [0, 0.05) is 15.1 Å². The molecule has 1 aromatic rings. The molecule has 0 amide bonds. The maximum atomic E-state index is 13.1. The van der Waals surface area contributed by atoms with Crippen molar-refractivity contribution in [3.8, 4) is 0 Å². The molecule has 1 aromatic carbocycles. The lowest BCUT2D eigenvalue weighted by molar-refractivity contribution is 0.0861. The molecule has 2 unspecified atom stereocenters. The Kier molecular flexibility index (Phi) is 4.76. The van der Waals surface area contributed by atoms with Crippen molar-refractivity contribution >= 4 is 28.4 Å². The summed E-state index contributed by atoms with van der Waals surface area (Å²) in [5.74, 6) is 0.761. The molecule has 0 spiro atoms. The average Bonchev–Trinajstić information content (AvgIpc) is 2.38. The molecule has 1 saturated carbocycles. The fourth-order valence-corrected chi connectivity index (χ4v) is 3.55. The minimum atomic E-state index is -0.272. The van der Waals surface area contributed by atoms with E-state index in [0.717, 1.165) is 29.3 Å². The van der Waals surface area contributed by atoms with E-state index in [9.17, 15) is 9.18 Å². The number of rotatable bonds is 3. The van der Waals surface area contributed by atoms with Crippen molar-refractivity contribution in [2.45, 2.75) is 39.0 Å². The van der Waals surface area contributed by atoms with Gasteiger partial charge < -0.3 is 0 Å². The molecule has 2 rings (SSSR count). The highest BCUT2D eigenvalue weighted by Gasteiger charge is 2.28. The molecule has 0 N–H and O–H groups in total. The Bertz CT molecular complexity index is 444. The molecule has 0 radical (unpaired) electrons. The molecule has 0 aromatic heterocycles. The Morgan fingerprint density at radius 3 is 2.89 bits per heavy atom. The van der Waals surface area contributed by atoms with Crippen LogP contribution in [0.4, 0.5) is 4.39 Å². The number of Topliss-reactive ketones (excluding diaryl/α,β-unsaturated/α-hetero) is 1. The Labute approximate surface area is 121 Å². The summed E-state index contributed by atoms with van der Waals surface area (Å²) in [4.78, 5) is 12.5. The zero-order valence-corrected chi connectivity index (χ0v) is 12.7. The summed E-state index contributed by atoms with van der Waals surface area (Å²) >= 11 is 2.05. The van der Waals surface area contributed by atoms with E-state index >= 15 is 0 Å².